The molecule has 0 spiro atoms. The van der Waals surface area contributed by atoms with Crippen LogP contribution < -0.4 is 5.32 Å². The van der Waals surface area contributed by atoms with Crippen molar-refractivity contribution in [3.05, 3.63) is 23.5 Å². The third-order valence-electron chi connectivity index (χ3n) is 3.89. The van der Waals surface area contributed by atoms with Gasteiger partial charge in [0.25, 0.3) is 5.91 Å². The van der Waals surface area contributed by atoms with Crippen molar-refractivity contribution in [2.45, 2.75) is 32.9 Å². The number of hydrogen-bond acceptors (Lipinski definition) is 2. The number of carbonyl (C=O) groups excluding carboxylic acids is 1. The maximum Gasteiger partial charge on any atom is 0.270 e. The van der Waals surface area contributed by atoms with Gasteiger partial charge in [-0.25, -0.2) is 0 Å². The summed E-state index contributed by atoms with van der Waals surface area (Å²) < 4.78 is 1.96. The van der Waals surface area contributed by atoms with Crippen LogP contribution in [0, 0.1) is 6.92 Å². The molecule has 0 saturated carbocycles. The number of nitrogens with one attached hydrogen (secondary N) is 1. The fraction of sp³-hybridized carbons (Fsp3) is 0.615. The summed E-state index contributed by atoms with van der Waals surface area (Å²) in [6.07, 6.45) is 0. The molecular weight excluding hydrogens is 214 g/mol. The first-order valence-electron chi connectivity index (χ1n) is 6.19. The molecule has 2 unspecified atom stereocenters. The summed E-state index contributed by atoms with van der Waals surface area (Å²) in [6.45, 7) is 7.90. The van der Waals surface area contributed by atoms with Crippen molar-refractivity contribution in [3.63, 3.8) is 0 Å². The molecule has 94 valence electrons. The van der Waals surface area contributed by atoms with E-state index in [1.54, 1.807) is 0 Å². The number of aryl methyl sites for hydroxylation is 1. The second kappa shape index (κ2) is 4.53. The highest BCUT2D eigenvalue weighted by Crippen LogP contribution is 2.15. The summed E-state index contributed by atoms with van der Waals surface area (Å²) >= 11 is 0. The van der Waals surface area contributed by atoms with Gasteiger partial charge in [0, 0.05) is 37.9 Å². The molecule has 2 heterocycles. The second-order valence-corrected chi connectivity index (χ2v) is 4.90. The van der Waals surface area contributed by atoms with Gasteiger partial charge in [0.2, 0.25) is 0 Å². The molecule has 1 N–H and O–H groups in total. The maximum atomic E-state index is 12.5. The zero-order valence-corrected chi connectivity index (χ0v) is 11.0. The fourth-order valence-corrected chi connectivity index (χ4v) is 2.32. The van der Waals surface area contributed by atoms with Crippen molar-refractivity contribution >= 4 is 5.91 Å². The van der Waals surface area contributed by atoms with E-state index >= 15 is 0 Å². The van der Waals surface area contributed by atoms with E-state index in [2.05, 4.69) is 19.2 Å². The van der Waals surface area contributed by atoms with Gasteiger partial charge >= 0.3 is 0 Å². The van der Waals surface area contributed by atoms with E-state index in [1.807, 2.05) is 35.6 Å². The largest absolute Gasteiger partial charge is 0.344 e. The Kier molecular flexibility index (Phi) is 3.24. The molecule has 1 aromatic rings. The maximum absolute atomic E-state index is 12.5. The molecule has 1 aliphatic heterocycles. The van der Waals surface area contributed by atoms with Crippen LogP contribution in [-0.2, 0) is 7.05 Å². The van der Waals surface area contributed by atoms with Gasteiger partial charge in [0.05, 0.1) is 0 Å². The predicted octanol–water partition coefficient (Wildman–Crippen LogP) is 1.16. The van der Waals surface area contributed by atoms with Gasteiger partial charge < -0.3 is 14.8 Å². The Balaban J connectivity index is 2.22. The van der Waals surface area contributed by atoms with Gasteiger partial charge in [-0.05, 0) is 32.9 Å². The lowest BCUT2D eigenvalue weighted by molar-refractivity contribution is 0.0593. The van der Waals surface area contributed by atoms with Crippen molar-refractivity contribution in [3.8, 4) is 0 Å². The molecule has 2 atom stereocenters. The quantitative estimate of drug-likeness (QED) is 0.793. The standard InChI is InChI=1S/C13H21N3O/c1-9-5-6-12(15(9)4)13(17)16-8-7-14-10(2)11(16)3/h5-6,10-11,14H,7-8H2,1-4H3. The van der Waals surface area contributed by atoms with E-state index in [1.165, 1.54) is 0 Å². The number of hydrogen-bond donors (Lipinski definition) is 1. The summed E-state index contributed by atoms with van der Waals surface area (Å²) in [5.41, 5.74) is 1.90. The van der Waals surface area contributed by atoms with E-state index < -0.39 is 0 Å². The van der Waals surface area contributed by atoms with Gasteiger partial charge in [-0.2, -0.15) is 0 Å². The van der Waals surface area contributed by atoms with E-state index in [-0.39, 0.29) is 11.9 Å². The third kappa shape index (κ3) is 2.09. The van der Waals surface area contributed by atoms with Crippen LogP contribution in [0.15, 0.2) is 12.1 Å². The zero-order chi connectivity index (χ0) is 12.6. The number of nitrogens with zero attached hydrogens (tertiary/aromatic N) is 2. The summed E-state index contributed by atoms with van der Waals surface area (Å²) in [4.78, 5) is 14.4. The molecule has 1 amide bonds. The number of amides is 1. The predicted molar refractivity (Wildman–Crippen MR) is 68.1 cm³/mol. The Labute approximate surface area is 103 Å². The molecule has 1 aromatic heterocycles. The average molecular weight is 235 g/mol. The highest BCUT2D eigenvalue weighted by atomic mass is 16.2. The van der Waals surface area contributed by atoms with Gasteiger partial charge in [0.1, 0.15) is 5.69 Å². The number of piperazine rings is 1. The number of aromatic nitrogens is 1. The smallest absolute Gasteiger partial charge is 0.270 e. The first-order valence-corrected chi connectivity index (χ1v) is 6.19. The summed E-state index contributed by atoms with van der Waals surface area (Å²) in [6, 6.07) is 4.50. The van der Waals surface area contributed by atoms with Crippen LogP contribution >= 0.6 is 0 Å². The van der Waals surface area contributed by atoms with Gasteiger partial charge in [-0.3, -0.25) is 4.79 Å². The minimum Gasteiger partial charge on any atom is -0.344 e. The van der Waals surface area contributed by atoms with Gasteiger partial charge in [-0.15, -0.1) is 0 Å². The summed E-state index contributed by atoms with van der Waals surface area (Å²) in [5.74, 6) is 0.140. The molecular formula is C13H21N3O. The van der Waals surface area contributed by atoms with E-state index in [4.69, 9.17) is 0 Å². The normalized spacial score (nSPS) is 25.1. The Morgan fingerprint density at radius 1 is 1.41 bits per heavy atom. The summed E-state index contributed by atoms with van der Waals surface area (Å²) in [7, 11) is 1.94. The minimum absolute atomic E-state index is 0.140. The van der Waals surface area contributed by atoms with Crippen LogP contribution in [0.25, 0.3) is 0 Å². The topological polar surface area (TPSA) is 37.3 Å². The van der Waals surface area contributed by atoms with Crippen LogP contribution in [0.4, 0.5) is 0 Å². The van der Waals surface area contributed by atoms with E-state index in [9.17, 15) is 4.79 Å². The molecule has 1 saturated heterocycles. The highest BCUT2D eigenvalue weighted by Gasteiger charge is 2.29. The van der Waals surface area contributed by atoms with Crippen LogP contribution in [0.2, 0.25) is 0 Å². The van der Waals surface area contributed by atoms with Crippen molar-refractivity contribution < 1.29 is 4.79 Å². The lowest BCUT2D eigenvalue weighted by Crippen LogP contribution is -2.57. The molecule has 1 fully saturated rings. The van der Waals surface area contributed by atoms with E-state index in [0.29, 0.717) is 6.04 Å². The molecule has 1 aliphatic rings. The van der Waals surface area contributed by atoms with Crippen molar-refractivity contribution in [2.24, 2.45) is 7.05 Å². The molecule has 0 radical (unpaired) electrons. The molecule has 4 nitrogen and oxygen atoms in total. The lowest BCUT2D eigenvalue weighted by atomic mass is 10.1. The monoisotopic (exact) mass is 235 g/mol. The molecule has 17 heavy (non-hydrogen) atoms. The Hall–Kier alpha value is -1.29. The first-order chi connectivity index (χ1) is 8.02. The van der Waals surface area contributed by atoms with Crippen molar-refractivity contribution in [2.75, 3.05) is 13.1 Å². The SMILES string of the molecule is Cc1ccc(C(=O)N2CCNC(C)C2C)n1C. The minimum atomic E-state index is 0.140. The highest BCUT2D eigenvalue weighted by molar-refractivity contribution is 5.93. The van der Waals surface area contributed by atoms with Crippen LogP contribution in [-0.4, -0.2) is 40.5 Å². The van der Waals surface area contributed by atoms with Crippen molar-refractivity contribution in [1.29, 1.82) is 0 Å². The van der Waals surface area contributed by atoms with Crippen LogP contribution in [0.3, 0.4) is 0 Å². The van der Waals surface area contributed by atoms with Crippen LogP contribution in [0.5, 0.6) is 0 Å². The Morgan fingerprint density at radius 2 is 2.12 bits per heavy atom. The molecule has 0 bridgehead atoms. The third-order valence-corrected chi connectivity index (χ3v) is 3.89. The lowest BCUT2D eigenvalue weighted by Gasteiger charge is -2.38. The van der Waals surface area contributed by atoms with Crippen LogP contribution in [0.1, 0.15) is 30.0 Å². The van der Waals surface area contributed by atoms with E-state index in [0.717, 1.165) is 24.5 Å². The molecule has 0 aromatic carbocycles. The first kappa shape index (κ1) is 12.2. The second-order valence-electron chi connectivity index (χ2n) is 4.90. The Bertz CT molecular complexity index is 424. The number of rotatable bonds is 1. The number of carbonyl (C=O) groups is 1. The van der Waals surface area contributed by atoms with Gasteiger partial charge in [0.15, 0.2) is 0 Å². The summed E-state index contributed by atoms with van der Waals surface area (Å²) in [5, 5.41) is 3.39. The molecule has 4 heteroatoms. The fourth-order valence-electron chi connectivity index (χ4n) is 2.32. The average Bonchev–Trinajstić information content (AvgIpc) is 2.63. The van der Waals surface area contributed by atoms with Gasteiger partial charge in [-0.1, -0.05) is 0 Å². The Morgan fingerprint density at radius 3 is 2.71 bits per heavy atom. The molecule has 0 aliphatic carbocycles. The molecule has 2 rings (SSSR count). The zero-order valence-electron chi connectivity index (χ0n) is 11.0. The van der Waals surface area contributed by atoms with Crippen molar-refractivity contribution in [1.82, 2.24) is 14.8 Å².